The Morgan fingerprint density at radius 1 is 1.20 bits per heavy atom. The van der Waals surface area contributed by atoms with Crippen LogP contribution in [0.3, 0.4) is 0 Å². The van der Waals surface area contributed by atoms with Gasteiger partial charge in [-0.25, -0.2) is 4.98 Å². The zero-order chi connectivity index (χ0) is 17.6. The molecular formula is C18H28N4O3. The molecule has 1 saturated carbocycles. The van der Waals surface area contributed by atoms with Crippen molar-refractivity contribution in [1.82, 2.24) is 20.2 Å². The molecular weight excluding hydrogens is 320 g/mol. The second kappa shape index (κ2) is 8.47. The second-order valence-corrected chi connectivity index (χ2v) is 7.31. The molecule has 3 N–H and O–H groups in total. The predicted molar refractivity (Wildman–Crippen MR) is 93.4 cm³/mol. The molecule has 0 aromatic carbocycles. The molecule has 2 fully saturated rings. The molecule has 138 valence electrons. The van der Waals surface area contributed by atoms with Crippen molar-refractivity contribution >= 4 is 11.9 Å². The lowest BCUT2D eigenvalue weighted by atomic mass is 9.83. The van der Waals surface area contributed by atoms with E-state index in [-0.39, 0.29) is 18.4 Å². The molecule has 3 rings (SSSR count). The number of nitrogens with one attached hydrogen (secondary N) is 2. The van der Waals surface area contributed by atoms with Crippen molar-refractivity contribution in [3.8, 4) is 0 Å². The lowest BCUT2D eigenvalue weighted by molar-refractivity contribution is -0.137. The number of carboxylic acid groups (broad SMARTS) is 1. The molecule has 0 unspecified atom stereocenters. The molecule has 7 nitrogen and oxygen atoms in total. The van der Waals surface area contributed by atoms with Gasteiger partial charge in [0.05, 0.1) is 6.33 Å². The quantitative estimate of drug-likeness (QED) is 0.730. The van der Waals surface area contributed by atoms with E-state index in [0.29, 0.717) is 17.7 Å². The van der Waals surface area contributed by atoms with E-state index in [4.69, 9.17) is 5.11 Å². The first kappa shape index (κ1) is 17.9. The molecule has 1 saturated heterocycles. The van der Waals surface area contributed by atoms with Crippen LogP contribution in [0.15, 0.2) is 12.5 Å². The van der Waals surface area contributed by atoms with Gasteiger partial charge in [-0.05, 0) is 64.0 Å². The fourth-order valence-corrected chi connectivity index (χ4v) is 3.94. The van der Waals surface area contributed by atoms with Crippen LogP contribution in [0.1, 0.15) is 67.9 Å². The first-order valence-corrected chi connectivity index (χ1v) is 9.38. The number of aliphatic carboxylic acids is 1. The topological polar surface area (TPSA) is 96.3 Å². The van der Waals surface area contributed by atoms with Crippen molar-refractivity contribution < 1.29 is 14.7 Å². The van der Waals surface area contributed by atoms with Crippen LogP contribution in [-0.2, 0) is 4.79 Å². The van der Waals surface area contributed by atoms with E-state index < -0.39 is 5.97 Å². The van der Waals surface area contributed by atoms with Crippen LogP contribution in [0.25, 0.3) is 0 Å². The SMILES string of the molecule is O=C(O)CC[C@H]1CC[C@H](NC(=O)c2cn(C3CCNCC3)cn2)CC1. The van der Waals surface area contributed by atoms with Crippen LogP contribution in [0.4, 0.5) is 0 Å². The largest absolute Gasteiger partial charge is 0.481 e. The molecule has 1 aromatic rings. The van der Waals surface area contributed by atoms with Crippen molar-refractivity contribution in [3.63, 3.8) is 0 Å². The Kier molecular flexibility index (Phi) is 6.07. The van der Waals surface area contributed by atoms with Crippen LogP contribution < -0.4 is 10.6 Å². The van der Waals surface area contributed by atoms with Crippen LogP contribution in [-0.4, -0.2) is 45.7 Å². The summed E-state index contributed by atoms with van der Waals surface area (Å²) in [6.07, 6.45) is 10.6. The zero-order valence-electron chi connectivity index (χ0n) is 14.6. The van der Waals surface area contributed by atoms with Gasteiger partial charge in [0.15, 0.2) is 0 Å². The van der Waals surface area contributed by atoms with Gasteiger partial charge in [0.2, 0.25) is 0 Å². The summed E-state index contributed by atoms with van der Waals surface area (Å²) < 4.78 is 2.07. The smallest absolute Gasteiger partial charge is 0.303 e. The number of nitrogens with zero attached hydrogens (tertiary/aromatic N) is 2. The highest BCUT2D eigenvalue weighted by molar-refractivity contribution is 5.92. The van der Waals surface area contributed by atoms with Gasteiger partial charge in [0.25, 0.3) is 5.91 Å². The molecule has 0 bridgehead atoms. The van der Waals surface area contributed by atoms with Gasteiger partial charge in [-0.3, -0.25) is 9.59 Å². The predicted octanol–water partition coefficient (Wildman–Crippen LogP) is 1.96. The average Bonchev–Trinajstić information content (AvgIpc) is 3.12. The van der Waals surface area contributed by atoms with Gasteiger partial charge in [0, 0.05) is 24.7 Å². The second-order valence-electron chi connectivity index (χ2n) is 7.31. The third kappa shape index (κ3) is 5.04. The maximum absolute atomic E-state index is 12.4. The summed E-state index contributed by atoms with van der Waals surface area (Å²) in [6.45, 7) is 2.02. The Hall–Kier alpha value is -1.89. The molecule has 1 aliphatic heterocycles. The highest BCUT2D eigenvalue weighted by atomic mass is 16.4. The minimum atomic E-state index is -0.722. The summed E-state index contributed by atoms with van der Waals surface area (Å²) in [5.41, 5.74) is 0.492. The van der Waals surface area contributed by atoms with Gasteiger partial charge in [-0.1, -0.05) is 0 Å². The Morgan fingerprint density at radius 2 is 1.92 bits per heavy atom. The Labute approximate surface area is 148 Å². The number of carboxylic acids is 1. The van der Waals surface area contributed by atoms with Gasteiger partial charge in [-0.15, -0.1) is 0 Å². The molecule has 1 amide bonds. The zero-order valence-corrected chi connectivity index (χ0v) is 14.6. The van der Waals surface area contributed by atoms with E-state index in [2.05, 4.69) is 20.2 Å². The van der Waals surface area contributed by atoms with E-state index in [1.807, 2.05) is 6.20 Å². The summed E-state index contributed by atoms with van der Waals surface area (Å²) in [5, 5.41) is 15.2. The van der Waals surface area contributed by atoms with Crippen molar-refractivity contribution in [3.05, 3.63) is 18.2 Å². The number of aromatic nitrogens is 2. The molecule has 0 radical (unpaired) electrons. The number of hydrogen-bond acceptors (Lipinski definition) is 4. The van der Waals surface area contributed by atoms with Gasteiger partial charge in [0.1, 0.15) is 5.69 Å². The van der Waals surface area contributed by atoms with E-state index in [1.54, 1.807) is 6.33 Å². The highest BCUT2D eigenvalue weighted by Gasteiger charge is 2.24. The van der Waals surface area contributed by atoms with Crippen molar-refractivity contribution in [2.24, 2.45) is 5.92 Å². The van der Waals surface area contributed by atoms with E-state index >= 15 is 0 Å². The number of amides is 1. The number of piperidine rings is 1. The molecule has 7 heteroatoms. The maximum atomic E-state index is 12.4. The van der Waals surface area contributed by atoms with E-state index in [0.717, 1.165) is 58.0 Å². The summed E-state index contributed by atoms with van der Waals surface area (Å²) >= 11 is 0. The molecule has 1 aliphatic carbocycles. The summed E-state index contributed by atoms with van der Waals surface area (Å²) in [4.78, 5) is 27.4. The van der Waals surface area contributed by atoms with Gasteiger partial charge < -0.3 is 20.3 Å². The lowest BCUT2D eigenvalue weighted by Crippen LogP contribution is -2.37. The standard InChI is InChI=1S/C18H28N4O3/c23-17(24)6-3-13-1-4-14(5-2-13)21-18(25)16-11-22(12-20-16)15-7-9-19-10-8-15/h11-15,19H,1-10H2,(H,21,25)(H,23,24)/t13-,14-. The van der Waals surface area contributed by atoms with Crippen molar-refractivity contribution in [1.29, 1.82) is 0 Å². The molecule has 1 aromatic heterocycles. The number of carbonyl (C=O) groups excluding carboxylic acids is 1. The average molecular weight is 348 g/mol. The summed E-state index contributed by atoms with van der Waals surface area (Å²) in [6, 6.07) is 0.609. The number of imidazole rings is 1. The maximum Gasteiger partial charge on any atom is 0.303 e. The van der Waals surface area contributed by atoms with Crippen LogP contribution in [0, 0.1) is 5.92 Å². The Morgan fingerprint density at radius 3 is 2.60 bits per heavy atom. The lowest BCUT2D eigenvalue weighted by Gasteiger charge is -2.28. The highest BCUT2D eigenvalue weighted by Crippen LogP contribution is 2.28. The molecule has 25 heavy (non-hydrogen) atoms. The third-order valence-electron chi connectivity index (χ3n) is 5.51. The van der Waals surface area contributed by atoms with Gasteiger partial charge >= 0.3 is 5.97 Å². The first-order valence-electron chi connectivity index (χ1n) is 9.38. The minimum Gasteiger partial charge on any atom is -0.481 e. The molecule has 2 heterocycles. The van der Waals surface area contributed by atoms with E-state index in [1.165, 1.54) is 0 Å². The minimum absolute atomic E-state index is 0.0957. The fourth-order valence-electron chi connectivity index (χ4n) is 3.94. The van der Waals surface area contributed by atoms with Crippen molar-refractivity contribution in [2.45, 2.75) is 63.5 Å². The molecule has 0 atom stereocenters. The normalized spacial score (nSPS) is 24.8. The number of carbonyl (C=O) groups is 2. The Balaban J connectivity index is 1.45. The first-order chi connectivity index (χ1) is 12.1. The number of hydrogen-bond donors (Lipinski definition) is 3. The summed E-state index contributed by atoms with van der Waals surface area (Å²) in [7, 11) is 0. The van der Waals surface area contributed by atoms with Crippen LogP contribution in [0.5, 0.6) is 0 Å². The Bertz CT molecular complexity index is 587. The fraction of sp³-hybridized carbons (Fsp3) is 0.722. The monoisotopic (exact) mass is 348 g/mol. The number of rotatable bonds is 6. The third-order valence-corrected chi connectivity index (χ3v) is 5.51. The van der Waals surface area contributed by atoms with Crippen LogP contribution >= 0.6 is 0 Å². The molecule has 2 aliphatic rings. The van der Waals surface area contributed by atoms with Crippen molar-refractivity contribution in [2.75, 3.05) is 13.1 Å². The van der Waals surface area contributed by atoms with E-state index in [9.17, 15) is 9.59 Å². The summed E-state index contributed by atoms with van der Waals surface area (Å²) in [5.74, 6) is -0.343. The van der Waals surface area contributed by atoms with Gasteiger partial charge in [-0.2, -0.15) is 0 Å². The molecule has 0 spiro atoms. The van der Waals surface area contributed by atoms with Crippen LogP contribution in [0.2, 0.25) is 0 Å².